The van der Waals surface area contributed by atoms with Gasteiger partial charge >= 0.3 is 0 Å². The molecule has 0 aliphatic heterocycles. The first-order valence-electron chi connectivity index (χ1n) is 6.53. The summed E-state index contributed by atoms with van der Waals surface area (Å²) in [7, 11) is -1.59. The lowest BCUT2D eigenvalue weighted by atomic mass is 10.2. The number of benzene rings is 1. The minimum Gasteiger partial charge on any atom is -0.317 e. The summed E-state index contributed by atoms with van der Waals surface area (Å²) in [5, 5.41) is 7.83. The zero-order valence-corrected chi connectivity index (χ0v) is 13.2. The topological polar surface area (TPSA) is 76.9 Å². The van der Waals surface area contributed by atoms with Gasteiger partial charge in [-0.3, -0.25) is 4.72 Å². The fraction of sp³-hybridized carbons (Fsp3) is 0.385. The Balaban J connectivity index is 2.23. The Hall–Kier alpha value is -1.60. The largest absolute Gasteiger partial charge is 0.317 e. The highest BCUT2D eigenvalue weighted by molar-refractivity contribution is 7.92. The van der Waals surface area contributed by atoms with E-state index < -0.39 is 10.0 Å². The van der Waals surface area contributed by atoms with Crippen LogP contribution in [0.4, 0.5) is 5.69 Å². The molecule has 0 aliphatic rings. The summed E-state index contributed by atoms with van der Waals surface area (Å²) in [5.41, 5.74) is 1.19. The number of hydrogen-bond donors (Lipinski definition) is 1. The molecule has 0 unspecified atom stereocenters. The van der Waals surface area contributed by atoms with Gasteiger partial charge in [0.05, 0.1) is 11.4 Å². The average Bonchev–Trinajstić information content (AvgIpc) is 2.85. The van der Waals surface area contributed by atoms with Crippen LogP contribution in [0.3, 0.4) is 0 Å². The van der Waals surface area contributed by atoms with Crippen LogP contribution in [-0.2, 0) is 17.1 Å². The SMILES string of the molecule is Cn1cnnc1-c1ccccc1NS(=O)(=O)CCCCCl. The van der Waals surface area contributed by atoms with Crippen molar-refractivity contribution >= 4 is 27.3 Å². The number of sulfonamides is 1. The highest BCUT2D eigenvalue weighted by Crippen LogP contribution is 2.26. The van der Waals surface area contributed by atoms with Crippen LogP contribution in [0, 0.1) is 0 Å². The molecule has 0 fully saturated rings. The minimum atomic E-state index is -3.40. The molecule has 0 spiro atoms. The number of anilines is 1. The molecule has 0 saturated heterocycles. The predicted octanol–water partition coefficient (Wildman–Crippen LogP) is 2.24. The number of nitrogens with zero attached hydrogens (tertiary/aromatic N) is 3. The van der Waals surface area contributed by atoms with E-state index in [-0.39, 0.29) is 5.75 Å². The average molecular weight is 329 g/mol. The molecule has 21 heavy (non-hydrogen) atoms. The zero-order chi connectivity index (χ0) is 15.3. The maximum atomic E-state index is 12.1. The fourth-order valence-corrected chi connectivity index (χ4v) is 3.29. The van der Waals surface area contributed by atoms with Gasteiger partial charge < -0.3 is 4.57 Å². The molecule has 0 bridgehead atoms. The number of rotatable bonds is 7. The second kappa shape index (κ2) is 6.91. The van der Waals surface area contributed by atoms with E-state index in [0.29, 0.717) is 35.8 Å². The summed E-state index contributed by atoms with van der Waals surface area (Å²) < 4.78 is 28.5. The molecule has 114 valence electrons. The summed E-state index contributed by atoms with van der Waals surface area (Å²) in [6.45, 7) is 0. The van der Waals surface area contributed by atoms with Gasteiger partial charge in [0.1, 0.15) is 6.33 Å². The van der Waals surface area contributed by atoms with Gasteiger partial charge in [-0.25, -0.2) is 8.42 Å². The van der Waals surface area contributed by atoms with E-state index in [1.54, 1.807) is 36.1 Å². The molecular weight excluding hydrogens is 312 g/mol. The van der Waals surface area contributed by atoms with Crippen LogP contribution in [-0.4, -0.2) is 34.8 Å². The Bertz CT molecular complexity index is 700. The molecule has 1 aromatic heterocycles. The number of para-hydroxylation sites is 1. The van der Waals surface area contributed by atoms with E-state index in [1.807, 2.05) is 6.07 Å². The van der Waals surface area contributed by atoms with E-state index in [0.717, 1.165) is 0 Å². The third kappa shape index (κ3) is 4.18. The monoisotopic (exact) mass is 328 g/mol. The highest BCUT2D eigenvalue weighted by atomic mass is 35.5. The third-order valence-corrected chi connectivity index (χ3v) is 4.57. The lowest BCUT2D eigenvalue weighted by molar-refractivity contribution is 0.598. The van der Waals surface area contributed by atoms with Crippen LogP contribution in [0.1, 0.15) is 12.8 Å². The molecule has 6 nitrogen and oxygen atoms in total. The normalized spacial score (nSPS) is 11.5. The number of nitrogens with one attached hydrogen (secondary N) is 1. The number of unbranched alkanes of at least 4 members (excludes halogenated alkanes) is 1. The van der Waals surface area contributed by atoms with Gasteiger partial charge in [0.2, 0.25) is 10.0 Å². The standard InChI is InChI=1S/C13H17ClN4O2S/c1-18-10-15-16-13(18)11-6-2-3-7-12(11)17-21(19,20)9-5-4-8-14/h2-3,6-7,10,17H,4-5,8-9H2,1H3. The molecule has 0 aliphatic carbocycles. The second-order valence-electron chi connectivity index (χ2n) is 4.63. The molecule has 0 atom stereocenters. The van der Waals surface area contributed by atoms with Gasteiger partial charge in [-0.2, -0.15) is 0 Å². The minimum absolute atomic E-state index is 0.0485. The van der Waals surface area contributed by atoms with Crippen molar-refractivity contribution in [1.29, 1.82) is 0 Å². The number of aryl methyl sites for hydroxylation is 1. The van der Waals surface area contributed by atoms with Crippen molar-refractivity contribution in [2.75, 3.05) is 16.4 Å². The summed E-state index contributed by atoms with van der Waals surface area (Å²) in [4.78, 5) is 0. The van der Waals surface area contributed by atoms with Crippen LogP contribution in [0.2, 0.25) is 0 Å². The Morgan fingerprint density at radius 1 is 1.29 bits per heavy atom. The fourth-order valence-electron chi connectivity index (χ4n) is 1.90. The lowest BCUT2D eigenvalue weighted by Gasteiger charge is -2.11. The molecular formula is C13H17ClN4O2S. The van der Waals surface area contributed by atoms with E-state index in [2.05, 4.69) is 14.9 Å². The maximum absolute atomic E-state index is 12.1. The van der Waals surface area contributed by atoms with Crippen molar-refractivity contribution in [3.05, 3.63) is 30.6 Å². The van der Waals surface area contributed by atoms with Gasteiger partial charge in [-0.1, -0.05) is 12.1 Å². The summed E-state index contributed by atoms with van der Waals surface area (Å²) in [6, 6.07) is 7.12. The number of aromatic nitrogens is 3. The van der Waals surface area contributed by atoms with Gasteiger partial charge in [0, 0.05) is 18.5 Å². The molecule has 8 heteroatoms. The molecule has 1 aromatic carbocycles. The van der Waals surface area contributed by atoms with Gasteiger partial charge in [-0.05, 0) is 25.0 Å². The van der Waals surface area contributed by atoms with E-state index in [9.17, 15) is 8.42 Å². The summed E-state index contributed by atoms with van der Waals surface area (Å²) >= 11 is 5.57. The zero-order valence-electron chi connectivity index (χ0n) is 11.7. The van der Waals surface area contributed by atoms with E-state index >= 15 is 0 Å². The predicted molar refractivity (Wildman–Crippen MR) is 83.8 cm³/mol. The number of halogens is 1. The highest BCUT2D eigenvalue weighted by Gasteiger charge is 2.15. The quantitative estimate of drug-likeness (QED) is 0.624. The van der Waals surface area contributed by atoms with Crippen LogP contribution in [0.15, 0.2) is 30.6 Å². The van der Waals surface area contributed by atoms with Crippen molar-refractivity contribution < 1.29 is 8.42 Å². The third-order valence-electron chi connectivity index (χ3n) is 2.94. The molecule has 2 rings (SSSR count). The van der Waals surface area contributed by atoms with Crippen molar-refractivity contribution in [2.24, 2.45) is 7.05 Å². The maximum Gasteiger partial charge on any atom is 0.232 e. The van der Waals surface area contributed by atoms with Gasteiger partial charge in [0.25, 0.3) is 0 Å². The first-order chi connectivity index (χ1) is 10.0. The molecule has 0 amide bonds. The lowest BCUT2D eigenvalue weighted by Crippen LogP contribution is -2.17. The molecule has 0 radical (unpaired) electrons. The van der Waals surface area contributed by atoms with Crippen molar-refractivity contribution in [3.8, 4) is 11.4 Å². The van der Waals surface area contributed by atoms with Gasteiger partial charge in [-0.15, -0.1) is 21.8 Å². The summed E-state index contributed by atoms with van der Waals surface area (Å²) in [6.07, 6.45) is 2.78. The van der Waals surface area contributed by atoms with Crippen LogP contribution >= 0.6 is 11.6 Å². The van der Waals surface area contributed by atoms with Crippen LogP contribution in [0.5, 0.6) is 0 Å². The molecule has 0 saturated carbocycles. The van der Waals surface area contributed by atoms with Crippen molar-refractivity contribution in [3.63, 3.8) is 0 Å². The molecule has 2 aromatic rings. The number of hydrogen-bond acceptors (Lipinski definition) is 4. The first kappa shape index (κ1) is 15.8. The Kier molecular flexibility index (Phi) is 5.19. The van der Waals surface area contributed by atoms with Gasteiger partial charge in [0.15, 0.2) is 5.82 Å². The van der Waals surface area contributed by atoms with Crippen molar-refractivity contribution in [1.82, 2.24) is 14.8 Å². The summed E-state index contributed by atoms with van der Waals surface area (Å²) in [5.74, 6) is 1.12. The Labute approximate surface area is 129 Å². The first-order valence-corrected chi connectivity index (χ1v) is 8.72. The second-order valence-corrected chi connectivity index (χ2v) is 6.85. The van der Waals surface area contributed by atoms with E-state index in [1.165, 1.54) is 0 Å². The Morgan fingerprint density at radius 3 is 2.71 bits per heavy atom. The smallest absolute Gasteiger partial charge is 0.232 e. The van der Waals surface area contributed by atoms with Crippen molar-refractivity contribution in [2.45, 2.75) is 12.8 Å². The van der Waals surface area contributed by atoms with Crippen LogP contribution in [0.25, 0.3) is 11.4 Å². The molecule has 1 N–H and O–H groups in total. The number of alkyl halides is 1. The van der Waals surface area contributed by atoms with E-state index in [4.69, 9.17) is 11.6 Å². The Morgan fingerprint density at radius 2 is 2.05 bits per heavy atom. The van der Waals surface area contributed by atoms with Crippen LogP contribution < -0.4 is 4.72 Å². The molecule has 1 heterocycles.